The van der Waals surface area contributed by atoms with Gasteiger partial charge < -0.3 is 10.2 Å². The van der Waals surface area contributed by atoms with Crippen molar-refractivity contribution in [2.45, 2.75) is 45.3 Å². The molecule has 6 nitrogen and oxygen atoms in total. The van der Waals surface area contributed by atoms with Gasteiger partial charge in [-0.05, 0) is 30.4 Å². The Morgan fingerprint density at radius 1 is 1.32 bits per heavy atom. The van der Waals surface area contributed by atoms with E-state index in [1.165, 1.54) is 6.42 Å². The molecule has 0 saturated heterocycles. The van der Waals surface area contributed by atoms with Crippen molar-refractivity contribution in [1.29, 1.82) is 0 Å². The Morgan fingerprint density at radius 3 is 2.92 bits per heavy atom. The first-order valence-electron chi connectivity index (χ1n) is 8.82. The average Bonchev–Trinajstić information content (AvgIpc) is 3.19. The minimum atomic E-state index is 0.00945. The molecule has 0 unspecified atom stereocenters. The lowest BCUT2D eigenvalue weighted by atomic mass is 9.84. The van der Waals surface area contributed by atoms with Gasteiger partial charge in [-0.3, -0.25) is 14.3 Å². The van der Waals surface area contributed by atoms with Gasteiger partial charge in [0.05, 0.1) is 37.4 Å². The lowest BCUT2D eigenvalue weighted by Crippen LogP contribution is -2.43. The zero-order valence-electron chi connectivity index (χ0n) is 14.1. The highest BCUT2D eigenvalue weighted by atomic mass is 32.1. The van der Waals surface area contributed by atoms with E-state index in [1.54, 1.807) is 11.3 Å². The number of hydrogen-bond donors (Lipinski definition) is 1. The third-order valence-electron chi connectivity index (χ3n) is 5.00. The summed E-state index contributed by atoms with van der Waals surface area (Å²) in [5.74, 6) is 0.546. The standard InChI is InChI=1S/C18H22N4O2S/c23-17(10-16-5-2-8-25-16)19-11-14-9-15-12-21(6-7-22(15)20-14)18(24)13-3-1-4-13/h2,5,8-9,13H,1,3-4,6-7,10-12H2,(H,19,23). The van der Waals surface area contributed by atoms with Crippen molar-refractivity contribution in [2.24, 2.45) is 5.92 Å². The van der Waals surface area contributed by atoms with Gasteiger partial charge in [-0.1, -0.05) is 12.5 Å². The Labute approximate surface area is 150 Å². The Balaban J connectivity index is 1.32. The van der Waals surface area contributed by atoms with Crippen LogP contribution < -0.4 is 5.32 Å². The monoisotopic (exact) mass is 358 g/mol. The van der Waals surface area contributed by atoms with E-state index in [-0.39, 0.29) is 11.8 Å². The predicted molar refractivity (Wildman–Crippen MR) is 94.9 cm³/mol. The zero-order valence-corrected chi connectivity index (χ0v) is 14.9. The molecule has 132 valence electrons. The van der Waals surface area contributed by atoms with Crippen molar-refractivity contribution in [3.05, 3.63) is 39.8 Å². The van der Waals surface area contributed by atoms with Crippen LogP contribution in [0.3, 0.4) is 0 Å². The average molecular weight is 358 g/mol. The number of carbonyl (C=O) groups excluding carboxylic acids is 2. The molecule has 0 spiro atoms. The fraction of sp³-hybridized carbons (Fsp3) is 0.500. The number of hydrogen-bond acceptors (Lipinski definition) is 4. The van der Waals surface area contributed by atoms with Crippen LogP contribution in [-0.2, 0) is 35.6 Å². The number of fused-ring (bicyclic) bond motifs is 1. The molecule has 2 amide bonds. The highest BCUT2D eigenvalue weighted by Gasteiger charge is 2.31. The molecule has 4 rings (SSSR count). The van der Waals surface area contributed by atoms with Gasteiger partial charge in [0.1, 0.15) is 0 Å². The van der Waals surface area contributed by atoms with E-state index >= 15 is 0 Å². The van der Waals surface area contributed by atoms with Crippen LogP contribution in [0, 0.1) is 5.92 Å². The molecule has 0 bridgehead atoms. The Kier molecular flexibility index (Phi) is 4.57. The Hall–Kier alpha value is -2.15. The summed E-state index contributed by atoms with van der Waals surface area (Å²) in [6.07, 6.45) is 3.67. The summed E-state index contributed by atoms with van der Waals surface area (Å²) in [5, 5.41) is 9.46. The SMILES string of the molecule is O=C(Cc1cccs1)NCc1cc2n(n1)CCN(C(=O)C1CCC1)C2. The van der Waals surface area contributed by atoms with Gasteiger partial charge >= 0.3 is 0 Å². The minimum absolute atomic E-state index is 0.00945. The molecule has 0 atom stereocenters. The second kappa shape index (κ2) is 7.00. The van der Waals surface area contributed by atoms with Crippen molar-refractivity contribution in [2.75, 3.05) is 6.54 Å². The third kappa shape index (κ3) is 3.61. The van der Waals surface area contributed by atoms with Crippen molar-refractivity contribution in [3.8, 4) is 0 Å². The van der Waals surface area contributed by atoms with Crippen LogP contribution in [0.4, 0.5) is 0 Å². The molecule has 0 radical (unpaired) electrons. The molecular weight excluding hydrogens is 336 g/mol. The molecule has 1 N–H and O–H groups in total. The molecular formula is C18H22N4O2S. The Morgan fingerprint density at radius 2 is 2.20 bits per heavy atom. The second-order valence-electron chi connectivity index (χ2n) is 6.77. The molecule has 2 aromatic rings. The maximum Gasteiger partial charge on any atom is 0.226 e. The summed E-state index contributed by atoms with van der Waals surface area (Å²) in [4.78, 5) is 27.4. The van der Waals surface area contributed by atoms with E-state index < -0.39 is 0 Å². The van der Waals surface area contributed by atoms with Crippen LogP contribution in [0.25, 0.3) is 0 Å². The number of nitrogens with one attached hydrogen (secondary N) is 1. The number of carbonyl (C=O) groups is 2. The van der Waals surface area contributed by atoms with Gasteiger partial charge in [0, 0.05) is 17.3 Å². The first-order chi connectivity index (χ1) is 12.2. The van der Waals surface area contributed by atoms with E-state index in [1.807, 2.05) is 33.2 Å². The van der Waals surface area contributed by atoms with Crippen molar-refractivity contribution in [1.82, 2.24) is 20.0 Å². The summed E-state index contributed by atoms with van der Waals surface area (Å²) in [6.45, 7) is 2.53. The summed E-state index contributed by atoms with van der Waals surface area (Å²) in [7, 11) is 0. The van der Waals surface area contributed by atoms with Crippen LogP contribution in [0.2, 0.25) is 0 Å². The molecule has 0 aromatic carbocycles. The van der Waals surface area contributed by atoms with Crippen molar-refractivity contribution >= 4 is 23.2 Å². The molecule has 3 heterocycles. The van der Waals surface area contributed by atoms with E-state index in [4.69, 9.17) is 0 Å². The van der Waals surface area contributed by atoms with E-state index in [0.29, 0.717) is 25.4 Å². The van der Waals surface area contributed by atoms with Crippen LogP contribution in [-0.4, -0.2) is 33.0 Å². The summed E-state index contributed by atoms with van der Waals surface area (Å²) in [5.41, 5.74) is 1.91. The quantitative estimate of drug-likeness (QED) is 0.888. The predicted octanol–water partition coefficient (Wildman–Crippen LogP) is 1.95. The van der Waals surface area contributed by atoms with Crippen LogP contribution in [0.1, 0.15) is 35.5 Å². The van der Waals surface area contributed by atoms with Gasteiger partial charge in [-0.15, -0.1) is 11.3 Å². The second-order valence-corrected chi connectivity index (χ2v) is 7.80. The molecule has 7 heteroatoms. The highest BCUT2D eigenvalue weighted by molar-refractivity contribution is 7.10. The lowest BCUT2D eigenvalue weighted by Gasteiger charge is -2.34. The molecule has 1 aliphatic heterocycles. The summed E-state index contributed by atoms with van der Waals surface area (Å²) >= 11 is 1.59. The maximum atomic E-state index is 12.4. The topological polar surface area (TPSA) is 67.2 Å². The first kappa shape index (κ1) is 16.3. The minimum Gasteiger partial charge on any atom is -0.350 e. The number of nitrogens with zero attached hydrogens (tertiary/aromatic N) is 3. The largest absolute Gasteiger partial charge is 0.350 e. The summed E-state index contributed by atoms with van der Waals surface area (Å²) < 4.78 is 1.96. The zero-order chi connectivity index (χ0) is 17.2. The van der Waals surface area contributed by atoms with Gasteiger partial charge in [0.25, 0.3) is 0 Å². The van der Waals surface area contributed by atoms with Gasteiger partial charge in [-0.25, -0.2) is 0 Å². The van der Waals surface area contributed by atoms with Gasteiger partial charge in [0.15, 0.2) is 0 Å². The number of amides is 2. The molecule has 2 aliphatic rings. The number of thiophene rings is 1. The number of rotatable bonds is 5. The van der Waals surface area contributed by atoms with E-state index in [9.17, 15) is 9.59 Å². The molecule has 2 aromatic heterocycles. The smallest absolute Gasteiger partial charge is 0.226 e. The number of aromatic nitrogens is 2. The van der Waals surface area contributed by atoms with E-state index in [2.05, 4.69) is 10.4 Å². The van der Waals surface area contributed by atoms with Crippen LogP contribution in [0.5, 0.6) is 0 Å². The first-order valence-corrected chi connectivity index (χ1v) is 9.70. The van der Waals surface area contributed by atoms with Crippen molar-refractivity contribution in [3.63, 3.8) is 0 Å². The molecule has 1 aliphatic carbocycles. The normalized spacial score (nSPS) is 17.0. The molecule has 1 saturated carbocycles. The van der Waals surface area contributed by atoms with Crippen molar-refractivity contribution < 1.29 is 9.59 Å². The fourth-order valence-corrected chi connectivity index (χ4v) is 4.04. The molecule has 25 heavy (non-hydrogen) atoms. The summed E-state index contributed by atoms with van der Waals surface area (Å²) in [6, 6.07) is 5.92. The molecule has 1 fully saturated rings. The Bertz CT molecular complexity index is 764. The highest BCUT2D eigenvalue weighted by Crippen LogP contribution is 2.29. The van der Waals surface area contributed by atoms with Gasteiger partial charge in [-0.2, -0.15) is 5.10 Å². The lowest BCUT2D eigenvalue weighted by molar-refractivity contribution is -0.139. The van der Waals surface area contributed by atoms with Gasteiger partial charge in [0.2, 0.25) is 11.8 Å². The third-order valence-corrected chi connectivity index (χ3v) is 5.87. The maximum absolute atomic E-state index is 12.4. The fourth-order valence-electron chi connectivity index (χ4n) is 3.34. The van der Waals surface area contributed by atoms with E-state index in [0.717, 1.165) is 42.2 Å². The van der Waals surface area contributed by atoms with Crippen LogP contribution >= 0.6 is 11.3 Å². The van der Waals surface area contributed by atoms with Crippen LogP contribution in [0.15, 0.2) is 23.6 Å².